The summed E-state index contributed by atoms with van der Waals surface area (Å²) < 4.78 is 0. The molecule has 0 bridgehead atoms. The second-order valence-corrected chi connectivity index (χ2v) is 6.63. The van der Waals surface area contributed by atoms with E-state index in [2.05, 4.69) is 4.98 Å². The van der Waals surface area contributed by atoms with Crippen LogP contribution in [0.1, 0.15) is 42.7 Å². The first-order valence-electron chi connectivity index (χ1n) is 8.28. The molecule has 0 saturated carbocycles. The number of hydrogen-bond acceptors (Lipinski definition) is 4. The molecule has 8 nitrogen and oxygen atoms in total. The molecule has 1 saturated heterocycles. The van der Waals surface area contributed by atoms with Crippen molar-refractivity contribution in [1.29, 1.82) is 0 Å². The maximum atomic E-state index is 12.7. The second-order valence-electron chi connectivity index (χ2n) is 6.63. The minimum absolute atomic E-state index is 0.0175. The van der Waals surface area contributed by atoms with Crippen molar-refractivity contribution >= 4 is 17.7 Å². The zero-order chi connectivity index (χ0) is 18.7. The van der Waals surface area contributed by atoms with E-state index in [-0.39, 0.29) is 37.0 Å². The first kappa shape index (κ1) is 18.7. The maximum Gasteiger partial charge on any atom is 0.261 e. The third-order valence-electron chi connectivity index (χ3n) is 4.44. The molecule has 1 unspecified atom stereocenters. The van der Waals surface area contributed by atoms with Crippen LogP contribution < -0.4 is 11.3 Å². The Kier molecular flexibility index (Phi) is 5.61. The normalized spacial score (nSPS) is 18.2. The molecule has 1 aromatic heterocycles. The van der Waals surface area contributed by atoms with Crippen LogP contribution in [0.15, 0.2) is 16.9 Å². The van der Waals surface area contributed by atoms with E-state index in [0.717, 1.165) is 5.69 Å². The molecule has 25 heavy (non-hydrogen) atoms. The number of aromatic amines is 1. The van der Waals surface area contributed by atoms with Crippen molar-refractivity contribution in [3.63, 3.8) is 0 Å². The topological polar surface area (TPSA) is 117 Å². The van der Waals surface area contributed by atoms with Gasteiger partial charge in [0.1, 0.15) is 5.56 Å². The summed E-state index contributed by atoms with van der Waals surface area (Å²) in [5.41, 5.74) is 5.70. The molecule has 3 N–H and O–H groups in total. The number of hydrogen-bond donors (Lipinski definition) is 2. The number of carbonyl (C=O) groups is 3. The zero-order valence-corrected chi connectivity index (χ0v) is 14.7. The van der Waals surface area contributed by atoms with Crippen LogP contribution in [0.3, 0.4) is 0 Å². The fourth-order valence-corrected chi connectivity index (χ4v) is 2.83. The van der Waals surface area contributed by atoms with Crippen LogP contribution in [-0.4, -0.2) is 58.7 Å². The Bertz CT molecular complexity index is 740. The molecule has 0 aliphatic carbocycles. The van der Waals surface area contributed by atoms with Gasteiger partial charge in [0.05, 0.1) is 5.92 Å². The lowest BCUT2D eigenvalue weighted by atomic mass is 10.1. The summed E-state index contributed by atoms with van der Waals surface area (Å²) in [6.45, 7) is 6.09. The van der Waals surface area contributed by atoms with Gasteiger partial charge < -0.3 is 20.5 Å². The van der Waals surface area contributed by atoms with E-state index in [0.29, 0.717) is 6.54 Å². The van der Waals surface area contributed by atoms with Gasteiger partial charge in [-0.25, -0.2) is 0 Å². The molecule has 1 atom stereocenters. The van der Waals surface area contributed by atoms with Gasteiger partial charge in [-0.3, -0.25) is 19.2 Å². The lowest BCUT2D eigenvalue weighted by Gasteiger charge is -2.22. The highest BCUT2D eigenvalue weighted by Crippen LogP contribution is 2.14. The van der Waals surface area contributed by atoms with Gasteiger partial charge >= 0.3 is 0 Å². The van der Waals surface area contributed by atoms with Crippen LogP contribution in [0, 0.1) is 5.92 Å². The van der Waals surface area contributed by atoms with E-state index in [9.17, 15) is 19.2 Å². The van der Waals surface area contributed by atoms with Gasteiger partial charge in [0.2, 0.25) is 11.8 Å². The lowest BCUT2D eigenvalue weighted by Crippen LogP contribution is -2.42. The van der Waals surface area contributed by atoms with Crippen molar-refractivity contribution in [2.75, 3.05) is 26.2 Å². The highest BCUT2D eigenvalue weighted by molar-refractivity contribution is 5.94. The minimum atomic E-state index is -0.663. The Morgan fingerprint density at radius 2 is 1.76 bits per heavy atom. The number of H-pyrrole nitrogens is 1. The maximum absolute atomic E-state index is 12.7. The van der Waals surface area contributed by atoms with E-state index in [1.54, 1.807) is 6.07 Å². The van der Waals surface area contributed by atoms with Crippen LogP contribution in [-0.2, 0) is 9.59 Å². The molecule has 1 aromatic rings. The standard InChI is InChI=1S/C17H24N4O4/c1-10(2)14-5-4-13(16(24)19-14)17(25)21-7-6-20(11(3)22)8-12(9-21)15(18)23/h4-5,10,12H,6-9H2,1-3H3,(H2,18,23)(H,19,24). The van der Waals surface area contributed by atoms with Crippen LogP contribution in [0.4, 0.5) is 0 Å². The monoisotopic (exact) mass is 348 g/mol. The first-order chi connectivity index (χ1) is 11.7. The fraction of sp³-hybridized carbons (Fsp3) is 0.529. The van der Waals surface area contributed by atoms with E-state index >= 15 is 0 Å². The molecule has 8 heteroatoms. The third-order valence-corrected chi connectivity index (χ3v) is 4.44. The highest BCUT2D eigenvalue weighted by atomic mass is 16.2. The van der Waals surface area contributed by atoms with Gasteiger partial charge in [0.15, 0.2) is 0 Å². The van der Waals surface area contributed by atoms with Crippen molar-refractivity contribution in [2.45, 2.75) is 26.7 Å². The second kappa shape index (κ2) is 7.50. The number of amides is 3. The van der Waals surface area contributed by atoms with Crippen LogP contribution in [0.2, 0.25) is 0 Å². The molecular formula is C17H24N4O4. The van der Waals surface area contributed by atoms with Crippen molar-refractivity contribution < 1.29 is 14.4 Å². The molecule has 1 aliphatic rings. The van der Waals surface area contributed by atoms with Gasteiger partial charge in [-0.2, -0.15) is 0 Å². The van der Waals surface area contributed by atoms with Crippen LogP contribution in [0.5, 0.6) is 0 Å². The van der Waals surface area contributed by atoms with Gasteiger partial charge in [-0.05, 0) is 18.1 Å². The summed E-state index contributed by atoms with van der Waals surface area (Å²) in [7, 11) is 0. The number of nitrogens with two attached hydrogens (primary N) is 1. The Balaban J connectivity index is 2.27. The number of primary amides is 1. The first-order valence-corrected chi connectivity index (χ1v) is 8.28. The summed E-state index contributed by atoms with van der Waals surface area (Å²) in [5, 5.41) is 0. The van der Waals surface area contributed by atoms with E-state index in [1.807, 2.05) is 13.8 Å². The van der Waals surface area contributed by atoms with Crippen molar-refractivity contribution in [2.24, 2.45) is 11.7 Å². The predicted octanol–water partition coefficient (Wildman–Crippen LogP) is -0.0959. The SMILES string of the molecule is CC(=O)N1CCN(C(=O)c2ccc(C(C)C)[nH]c2=O)CC(C(N)=O)C1. The molecule has 1 fully saturated rings. The average Bonchev–Trinajstić information content (AvgIpc) is 2.77. The molecular weight excluding hydrogens is 324 g/mol. The molecule has 3 amide bonds. The number of rotatable bonds is 3. The summed E-state index contributed by atoms with van der Waals surface area (Å²) in [4.78, 5) is 53.9. The summed E-state index contributed by atoms with van der Waals surface area (Å²) >= 11 is 0. The Morgan fingerprint density at radius 1 is 1.16 bits per heavy atom. The summed E-state index contributed by atoms with van der Waals surface area (Å²) in [5.74, 6) is -1.74. The largest absolute Gasteiger partial charge is 0.369 e. The molecule has 2 rings (SSSR count). The molecule has 2 heterocycles. The Morgan fingerprint density at radius 3 is 2.28 bits per heavy atom. The van der Waals surface area contributed by atoms with Crippen molar-refractivity contribution in [3.05, 3.63) is 33.7 Å². The average molecular weight is 348 g/mol. The third kappa shape index (κ3) is 4.26. The van der Waals surface area contributed by atoms with E-state index < -0.39 is 23.3 Å². The number of carbonyl (C=O) groups excluding carboxylic acids is 3. The number of aromatic nitrogens is 1. The zero-order valence-electron chi connectivity index (χ0n) is 14.7. The van der Waals surface area contributed by atoms with Gasteiger partial charge in [0.25, 0.3) is 11.5 Å². The Labute approximate surface area is 146 Å². The number of pyridine rings is 1. The van der Waals surface area contributed by atoms with Gasteiger partial charge in [-0.1, -0.05) is 13.8 Å². The molecule has 0 radical (unpaired) electrons. The minimum Gasteiger partial charge on any atom is -0.369 e. The lowest BCUT2D eigenvalue weighted by molar-refractivity contribution is -0.130. The molecule has 136 valence electrons. The molecule has 0 aromatic carbocycles. The predicted molar refractivity (Wildman–Crippen MR) is 92.0 cm³/mol. The quantitative estimate of drug-likeness (QED) is 0.793. The Hall–Kier alpha value is -2.64. The molecule has 0 spiro atoms. The summed E-state index contributed by atoms with van der Waals surface area (Å²) in [6.07, 6.45) is 0. The number of nitrogens with zero attached hydrogens (tertiary/aromatic N) is 2. The van der Waals surface area contributed by atoms with Crippen molar-refractivity contribution in [1.82, 2.24) is 14.8 Å². The van der Waals surface area contributed by atoms with Gasteiger partial charge in [-0.15, -0.1) is 0 Å². The van der Waals surface area contributed by atoms with Crippen molar-refractivity contribution in [3.8, 4) is 0 Å². The van der Waals surface area contributed by atoms with Crippen LogP contribution >= 0.6 is 0 Å². The molecule has 1 aliphatic heterocycles. The van der Waals surface area contributed by atoms with E-state index in [4.69, 9.17) is 5.73 Å². The van der Waals surface area contributed by atoms with Crippen LogP contribution in [0.25, 0.3) is 0 Å². The van der Waals surface area contributed by atoms with E-state index in [1.165, 1.54) is 22.8 Å². The number of nitrogens with one attached hydrogen (secondary N) is 1. The highest BCUT2D eigenvalue weighted by Gasteiger charge is 2.31. The smallest absolute Gasteiger partial charge is 0.261 e. The summed E-state index contributed by atoms with van der Waals surface area (Å²) in [6, 6.07) is 3.22. The van der Waals surface area contributed by atoms with Gasteiger partial charge in [0, 0.05) is 38.8 Å². The fourth-order valence-electron chi connectivity index (χ4n) is 2.83.